The molecule has 4 atom stereocenters. The van der Waals surface area contributed by atoms with Crippen LogP contribution in [0.25, 0.3) is 0 Å². The Morgan fingerprint density at radius 2 is 1.14 bits per heavy atom. The molecule has 0 aromatic heterocycles. The van der Waals surface area contributed by atoms with E-state index in [4.69, 9.17) is 14.2 Å². The summed E-state index contributed by atoms with van der Waals surface area (Å²) in [4.78, 5) is 0. The normalized spacial score (nSPS) is 23.9. The van der Waals surface area contributed by atoms with Crippen molar-refractivity contribution in [1.29, 1.82) is 0 Å². The molecule has 3 aromatic carbocycles. The third kappa shape index (κ3) is 4.92. The molecule has 4 rings (SSSR count). The van der Waals surface area contributed by atoms with Crippen molar-refractivity contribution in [2.24, 2.45) is 0 Å². The molecule has 1 N–H and O–H groups in total. The maximum absolute atomic E-state index is 9.94. The predicted molar refractivity (Wildman–Crippen MR) is 111 cm³/mol. The zero-order valence-corrected chi connectivity index (χ0v) is 16.3. The second kappa shape index (κ2) is 9.81. The second-order valence-corrected chi connectivity index (χ2v) is 7.21. The standard InChI is InChI=1S/C25H26O4/c26-16-22-24(27-17-19-10-4-1-5-11-19)25(28-18-20-12-6-2-7-13-20)23(29-22)21-14-8-3-9-15-21/h1-15,22-26H,16-18H2/t22-,23+,24-,25-/m1/s1. The molecule has 0 unspecified atom stereocenters. The van der Waals surface area contributed by atoms with Crippen LogP contribution in [-0.4, -0.2) is 30.0 Å². The van der Waals surface area contributed by atoms with Crippen molar-refractivity contribution in [1.82, 2.24) is 0 Å². The summed E-state index contributed by atoms with van der Waals surface area (Å²) < 4.78 is 18.8. The molecule has 1 heterocycles. The predicted octanol–water partition coefficient (Wildman–Crippen LogP) is 4.29. The van der Waals surface area contributed by atoms with E-state index in [0.717, 1.165) is 16.7 Å². The second-order valence-electron chi connectivity index (χ2n) is 7.21. The Morgan fingerprint density at radius 1 is 0.655 bits per heavy atom. The fraction of sp³-hybridized carbons (Fsp3) is 0.280. The Hall–Kier alpha value is -2.50. The minimum absolute atomic E-state index is 0.117. The molecule has 4 heteroatoms. The number of ether oxygens (including phenoxy) is 3. The molecule has 0 saturated carbocycles. The van der Waals surface area contributed by atoms with Gasteiger partial charge in [-0.3, -0.25) is 0 Å². The van der Waals surface area contributed by atoms with Crippen molar-refractivity contribution in [3.63, 3.8) is 0 Å². The fourth-order valence-electron chi connectivity index (χ4n) is 3.70. The summed E-state index contributed by atoms with van der Waals surface area (Å²) in [7, 11) is 0. The van der Waals surface area contributed by atoms with E-state index in [-0.39, 0.29) is 24.9 Å². The smallest absolute Gasteiger partial charge is 0.117 e. The number of benzene rings is 3. The first-order valence-corrected chi connectivity index (χ1v) is 9.97. The van der Waals surface area contributed by atoms with Crippen molar-refractivity contribution in [3.8, 4) is 0 Å². The third-order valence-electron chi connectivity index (χ3n) is 5.19. The Labute approximate surface area is 171 Å². The molecule has 1 saturated heterocycles. The average molecular weight is 390 g/mol. The number of aliphatic hydroxyl groups excluding tert-OH is 1. The van der Waals surface area contributed by atoms with Gasteiger partial charge < -0.3 is 19.3 Å². The van der Waals surface area contributed by atoms with Gasteiger partial charge >= 0.3 is 0 Å². The van der Waals surface area contributed by atoms with Crippen LogP contribution in [0.5, 0.6) is 0 Å². The van der Waals surface area contributed by atoms with Crippen LogP contribution in [0, 0.1) is 0 Å². The van der Waals surface area contributed by atoms with E-state index >= 15 is 0 Å². The van der Waals surface area contributed by atoms with Gasteiger partial charge in [0.15, 0.2) is 0 Å². The third-order valence-corrected chi connectivity index (χ3v) is 5.19. The number of rotatable bonds is 8. The van der Waals surface area contributed by atoms with Crippen molar-refractivity contribution >= 4 is 0 Å². The van der Waals surface area contributed by atoms with Gasteiger partial charge in [-0.2, -0.15) is 0 Å². The van der Waals surface area contributed by atoms with Crippen LogP contribution in [0.15, 0.2) is 91.0 Å². The first kappa shape index (κ1) is 19.8. The van der Waals surface area contributed by atoms with E-state index in [9.17, 15) is 5.11 Å². The first-order chi connectivity index (χ1) is 14.3. The van der Waals surface area contributed by atoms with Gasteiger partial charge in [0.25, 0.3) is 0 Å². The van der Waals surface area contributed by atoms with Gasteiger partial charge in [-0.25, -0.2) is 0 Å². The lowest BCUT2D eigenvalue weighted by molar-refractivity contribution is -0.0835. The quantitative estimate of drug-likeness (QED) is 0.623. The molecule has 3 aromatic rings. The first-order valence-electron chi connectivity index (χ1n) is 9.97. The minimum Gasteiger partial charge on any atom is -0.394 e. The van der Waals surface area contributed by atoms with Crippen LogP contribution in [0.2, 0.25) is 0 Å². The highest BCUT2D eigenvalue weighted by Gasteiger charge is 2.46. The lowest BCUT2D eigenvalue weighted by Crippen LogP contribution is -2.37. The molecule has 4 nitrogen and oxygen atoms in total. The largest absolute Gasteiger partial charge is 0.394 e. The highest BCUT2D eigenvalue weighted by molar-refractivity contribution is 5.22. The number of hydrogen-bond acceptors (Lipinski definition) is 4. The Morgan fingerprint density at radius 3 is 1.66 bits per heavy atom. The SMILES string of the molecule is OC[C@H]1O[C@@H](c2ccccc2)[C@@H](OCc2ccccc2)[C@@H]1OCc1ccccc1. The molecule has 0 aliphatic carbocycles. The van der Waals surface area contributed by atoms with Crippen LogP contribution in [0.1, 0.15) is 22.8 Å². The van der Waals surface area contributed by atoms with E-state index in [0.29, 0.717) is 13.2 Å². The molecule has 0 spiro atoms. The summed E-state index contributed by atoms with van der Waals surface area (Å²) in [5.74, 6) is 0. The van der Waals surface area contributed by atoms with Gasteiger partial charge in [0.2, 0.25) is 0 Å². The number of hydrogen-bond donors (Lipinski definition) is 1. The summed E-state index contributed by atoms with van der Waals surface area (Å²) in [6.45, 7) is 0.785. The Kier molecular flexibility index (Phi) is 6.70. The van der Waals surface area contributed by atoms with E-state index < -0.39 is 6.10 Å². The molecule has 29 heavy (non-hydrogen) atoms. The summed E-state index contributed by atoms with van der Waals surface area (Å²) in [6.07, 6.45) is -1.42. The zero-order valence-electron chi connectivity index (χ0n) is 16.3. The summed E-state index contributed by atoms with van der Waals surface area (Å²) in [6, 6.07) is 30.1. The molecular formula is C25H26O4. The zero-order chi connectivity index (χ0) is 19.9. The van der Waals surface area contributed by atoms with Gasteiger partial charge in [-0.1, -0.05) is 91.0 Å². The van der Waals surface area contributed by atoms with E-state index in [1.54, 1.807) is 0 Å². The van der Waals surface area contributed by atoms with Crippen molar-refractivity contribution in [3.05, 3.63) is 108 Å². The molecule has 150 valence electrons. The summed E-state index contributed by atoms with van der Waals surface area (Å²) >= 11 is 0. The molecule has 0 bridgehead atoms. The number of aliphatic hydroxyl groups is 1. The van der Waals surface area contributed by atoms with Gasteiger partial charge in [-0.05, 0) is 16.7 Å². The van der Waals surface area contributed by atoms with E-state index in [2.05, 4.69) is 0 Å². The average Bonchev–Trinajstić information content (AvgIpc) is 3.16. The van der Waals surface area contributed by atoms with Crippen LogP contribution in [0.4, 0.5) is 0 Å². The fourth-order valence-corrected chi connectivity index (χ4v) is 3.70. The Balaban J connectivity index is 1.54. The van der Waals surface area contributed by atoms with Crippen molar-refractivity contribution < 1.29 is 19.3 Å². The van der Waals surface area contributed by atoms with Crippen LogP contribution < -0.4 is 0 Å². The molecule has 1 fully saturated rings. The van der Waals surface area contributed by atoms with Gasteiger partial charge in [-0.15, -0.1) is 0 Å². The van der Waals surface area contributed by atoms with Crippen LogP contribution in [-0.2, 0) is 27.4 Å². The highest BCUT2D eigenvalue weighted by Crippen LogP contribution is 2.38. The van der Waals surface area contributed by atoms with Crippen molar-refractivity contribution in [2.45, 2.75) is 37.6 Å². The molecule has 0 radical (unpaired) electrons. The molecule has 1 aliphatic rings. The molecule has 0 amide bonds. The summed E-state index contributed by atoms with van der Waals surface area (Å²) in [5, 5.41) is 9.94. The van der Waals surface area contributed by atoms with Gasteiger partial charge in [0, 0.05) is 0 Å². The lowest BCUT2D eigenvalue weighted by atomic mass is 10.0. The van der Waals surface area contributed by atoms with Gasteiger partial charge in [0.05, 0.1) is 19.8 Å². The minimum atomic E-state index is -0.440. The van der Waals surface area contributed by atoms with E-state index in [1.165, 1.54) is 0 Å². The lowest BCUT2D eigenvalue weighted by Gasteiger charge is -2.25. The Bertz CT molecular complexity index is 854. The molecule has 1 aliphatic heterocycles. The van der Waals surface area contributed by atoms with Gasteiger partial charge in [0.1, 0.15) is 24.4 Å². The molecular weight excluding hydrogens is 364 g/mol. The maximum Gasteiger partial charge on any atom is 0.117 e. The topological polar surface area (TPSA) is 47.9 Å². The summed E-state index contributed by atoms with van der Waals surface area (Å²) in [5.41, 5.74) is 3.19. The maximum atomic E-state index is 9.94. The monoisotopic (exact) mass is 390 g/mol. The van der Waals surface area contributed by atoms with Crippen LogP contribution in [0.3, 0.4) is 0 Å². The highest BCUT2D eigenvalue weighted by atomic mass is 16.6. The van der Waals surface area contributed by atoms with E-state index in [1.807, 2.05) is 91.0 Å². The van der Waals surface area contributed by atoms with Crippen LogP contribution >= 0.6 is 0 Å². The van der Waals surface area contributed by atoms with Crippen molar-refractivity contribution in [2.75, 3.05) is 6.61 Å².